The number of aliphatic hydroxyl groups is 1. The van der Waals surface area contributed by atoms with Crippen LogP contribution in [0.4, 0.5) is 0 Å². The van der Waals surface area contributed by atoms with Gasteiger partial charge in [0.25, 0.3) is 0 Å². The van der Waals surface area contributed by atoms with E-state index < -0.39 is 17.5 Å². The molecule has 2 N–H and O–H groups in total. The van der Waals surface area contributed by atoms with E-state index in [1.807, 2.05) is 0 Å². The fourth-order valence-corrected chi connectivity index (χ4v) is 1.67. The third-order valence-electron chi connectivity index (χ3n) is 2.45. The van der Waals surface area contributed by atoms with Gasteiger partial charge in [-0.3, -0.25) is 0 Å². The smallest absolute Gasteiger partial charge is 0.340 e. The van der Waals surface area contributed by atoms with Gasteiger partial charge in [-0.25, -0.2) is 4.79 Å². The van der Waals surface area contributed by atoms with E-state index in [0.717, 1.165) is 4.47 Å². The molecular weight excluding hydrogens is 260 g/mol. The molecule has 0 aliphatic rings. The first-order valence-electron chi connectivity index (χ1n) is 4.61. The molecule has 1 aromatic rings. The first kappa shape index (κ1) is 12.2. The lowest BCUT2D eigenvalue weighted by molar-refractivity contribution is -0.165. The monoisotopic (exact) mass is 272 g/mol. The lowest BCUT2D eigenvalue weighted by atomic mass is 9.83. The van der Waals surface area contributed by atoms with Crippen molar-refractivity contribution >= 4 is 21.9 Å². The van der Waals surface area contributed by atoms with Crippen molar-refractivity contribution in [3.05, 3.63) is 34.3 Å². The van der Waals surface area contributed by atoms with Crippen molar-refractivity contribution in [1.29, 1.82) is 0 Å². The van der Waals surface area contributed by atoms with E-state index in [0.29, 0.717) is 5.56 Å². The molecule has 82 valence electrons. The molecular formula is C11H13BrO3. The second-order valence-electron chi connectivity index (χ2n) is 3.73. The van der Waals surface area contributed by atoms with Crippen molar-refractivity contribution in [2.24, 2.45) is 5.92 Å². The molecule has 0 saturated carbocycles. The Morgan fingerprint density at radius 1 is 1.33 bits per heavy atom. The molecule has 0 aromatic heterocycles. The maximum absolute atomic E-state index is 11.1. The predicted octanol–water partition coefficient (Wildman–Crippen LogP) is 2.38. The summed E-state index contributed by atoms with van der Waals surface area (Å²) in [5, 5.41) is 19.2. The summed E-state index contributed by atoms with van der Waals surface area (Å²) in [5.74, 6) is -1.61. The van der Waals surface area contributed by atoms with Gasteiger partial charge in [-0.15, -0.1) is 0 Å². The van der Waals surface area contributed by atoms with Crippen LogP contribution >= 0.6 is 15.9 Å². The summed E-state index contributed by atoms with van der Waals surface area (Å²) in [6.45, 7) is 3.35. The zero-order valence-electron chi connectivity index (χ0n) is 8.57. The number of rotatable bonds is 3. The van der Waals surface area contributed by atoms with Crippen molar-refractivity contribution in [1.82, 2.24) is 0 Å². The molecule has 0 aliphatic heterocycles. The summed E-state index contributed by atoms with van der Waals surface area (Å²) in [6.07, 6.45) is 0. The van der Waals surface area contributed by atoms with Crippen LogP contribution in [-0.2, 0) is 10.4 Å². The van der Waals surface area contributed by atoms with Gasteiger partial charge in [0.2, 0.25) is 0 Å². The molecule has 1 unspecified atom stereocenters. The zero-order valence-corrected chi connectivity index (χ0v) is 10.2. The molecule has 0 heterocycles. The second kappa shape index (κ2) is 4.33. The Morgan fingerprint density at radius 2 is 1.80 bits per heavy atom. The first-order valence-corrected chi connectivity index (χ1v) is 5.40. The average molecular weight is 273 g/mol. The Bertz CT molecular complexity index is 359. The highest BCUT2D eigenvalue weighted by molar-refractivity contribution is 9.10. The molecule has 1 rings (SSSR count). The van der Waals surface area contributed by atoms with Crippen LogP contribution in [0.5, 0.6) is 0 Å². The number of halogens is 1. The number of aliphatic carboxylic acids is 1. The van der Waals surface area contributed by atoms with Crippen molar-refractivity contribution in [3.63, 3.8) is 0 Å². The predicted molar refractivity (Wildman–Crippen MR) is 60.5 cm³/mol. The fourth-order valence-electron chi connectivity index (χ4n) is 1.41. The van der Waals surface area contributed by atoms with Crippen LogP contribution in [0, 0.1) is 5.92 Å². The van der Waals surface area contributed by atoms with E-state index in [2.05, 4.69) is 15.9 Å². The van der Waals surface area contributed by atoms with Gasteiger partial charge in [0.05, 0.1) is 0 Å². The minimum atomic E-state index is -1.82. The molecule has 0 bridgehead atoms. The summed E-state index contributed by atoms with van der Waals surface area (Å²) in [6, 6.07) is 6.65. The largest absolute Gasteiger partial charge is 0.479 e. The van der Waals surface area contributed by atoms with Crippen LogP contribution in [0.25, 0.3) is 0 Å². The van der Waals surface area contributed by atoms with Gasteiger partial charge in [0.15, 0.2) is 5.60 Å². The molecule has 3 nitrogen and oxygen atoms in total. The summed E-state index contributed by atoms with van der Waals surface area (Å²) in [7, 11) is 0. The van der Waals surface area contributed by atoms with Gasteiger partial charge in [0, 0.05) is 4.47 Å². The van der Waals surface area contributed by atoms with E-state index in [1.165, 1.54) is 0 Å². The van der Waals surface area contributed by atoms with Crippen molar-refractivity contribution in [3.8, 4) is 0 Å². The molecule has 0 saturated heterocycles. The Hall–Kier alpha value is -0.870. The number of benzene rings is 1. The molecule has 4 heteroatoms. The standard InChI is InChI=1S/C11H13BrO3/c1-7(2)11(15,10(13)14)8-3-5-9(12)6-4-8/h3-7,15H,1-2H3,(H,13,14). The Labute approximate surface area is 96.9 Å². The number of carboxylic acid groups (broad SMARTS) is 1. The van der Waals surface area contributed by atoms with E-state index >= 15 is 0 Å². The SMILES string of the molecule is CC(C)C(O)(C(=O)O)c1ccc(Br)cc1. The van der Waals surface area contributed by atoms with E-state index in [1.54, 1.807) is 38.1 Å². The quantitative estimate of drug-likeness (QED) is 0.888. The third-order valence-corrected chi connectivity index (χ3v) is 2.97. The minimum Gasteiger partial charge on any atom is -0.479 e. The van der Waals surface area contributed by atoms with Crippen molar-refractivity contribution in [2.75, 3.05) is 0 Å². The molecule has 0 radical (unpaired) electrons. The Morgan fingerprint density at radius 3 is 2.13 bits per heavy atom. The molecule has 15 heavy (non-hydrogen) atoms. The highest BCUT2D eigenvalue weighted by Gasteiger charge is 2.41. The maximum atomic E-state index is 11.1. The van der Waals surface area contributed by atoms with Crippen LogP contribution in [0.15, 0.2) is 28.7 Å². The number of hydrogen-bond donors (Lipinski definition) is 2. The molecule has 0 fully saturated rings. The van der Waals surface area contributed by atoms with Crippen LogP contribution in [0.2, 0.25) is 0 Å². The molecule has 0 amide bonds. The highest BCUT2D eigenvalue weighted by Crippen LogP contribution is 2.30. The van der Waals surface area contributed by atoms with E-state index in [4.69, 9.17) is 5.11 Å². The topological polar surface area (TPSA) is 57.5 Å². The van der Waals surface area contributed by atoms with Crippen LogP contribution in [0.3, 0.4) is 0 Å². The number of carboxylic acids is 1. The lowest BCUT2D eigenvalue weighted by Gasteiger charge is -2.27. The average Bonchev–Trinajstić information content (AvgIpc) is 2.17. The van der Waals surface area contributed by atoms with Gasteiger partial charge in [0.1, 0.15) is 0 Å². The molecule has 0 aliphatic carbocycles. The van der Waals surface area contributed by atoms with Crippen molar-refractivity contribution < 1.29 is 15.0 Å². The van der Waals surface area contributed by atoms with Gasteiger partial charge in [-0.05, 0) is 23.6 Å². The first-order chi connectivity index (χ1) is 6.89. The van der Waals surface area contributed by atoms with Crippen LogP contribution in [0.1, 0.15) is 19.4 Å². The van der Waals surface area contributed by atoms with Crippen LogP contribution < -0.4 is 0 Å². The Kier molecular flexibility index (Phi) is 3.52. The van der Waals surface area contributed by atoms with Crippen molar-refractivity contribution in [2.45, 2.75) is 19.4 Å². The third kappa shape index (κ3) is 2.21. The summed E-state index contributed by atoms with van der Waals surface area (Å²) >= 11 is 3.26. The fraction of sp³-hybridized carbons (Fsp3) is 0.364. The van der Waals surface area contributed by atoms with Gasteiger partial charge < -0.3 is 10.2 Å². The maximum Gasteiger partial charge on any atom is 0.340 e. The van der Waals surface area contributed by atoms with Gasteiger partial charge >= 0.3 is 5.97 Å². The highest BCUT2D eigenvalue weighted by atomic mass is 79.9. The van der Waals surface area contributed by atoms with Crippen LogP contribution in [-0.4, -0.2) is 16.2 Å². The lowest BCUT2D eigenvalue weighted by Crippen LogP contribution is -2.40. The van der Waals surface area contributed by atoms with Gasteiger partial charge in [-0.1, -0.05) is 41.9 Å². The zero-order chi connectivity index (χ0) is 11.6. The number of carbonyl (C=O) groups is 1. The molecule has 1 atom stereocenters. The Balaban J connectivity index is 3.22. The number of hydrogen-bond acceptors (Lipinski definition) is 2. The summed E-state index contributed by atoms with van der Waals surface area (Å²) < 4.78 is 0.850. The summed E-state index contributed by atoms with van der Waals surface area (Å²) in [4.78, 5) is 11.1. The normalized spacial score (nSPS) is 15.0. The van der Waals surface area contributed by atoms with E-state index in [-0.39, 0.29) is 0 Å². The summed E-state index contributed by atoms with van der Waals surface area (Å²) in [5.41, 5.74) is -1.42. The van der Waals surface area contributed by atoms with Gasteiger partial charge in [-0.2, -0.15) is 0 Å². The second-order valence-corrected chi connectivity index (χ2v) is 4.65. The minimum absolute atomic E-state index is 0.392. The van der Waals surface area contributed by atoms with E-state index in [9.17, 15) is 9.90 Å². The molecule has 1 aromatic carbocycles. The molecule has 0 spiro atoms.